The van der Waals surface area contributed by atoms with Crippen LogP contribution in [0.2, 0.25) is 0 Å². The molecule has 2 N–H and O–H groups in total. The lowest BCUT2D eigenvalue weighted by Gasteiger charge is -2.13. The molecule has 0 saturated carbocycles. The molecule has 0 atom stereocenters. The maximum absolute atomic E-state index is 11.8. The van der Waals surface area contributed by atoms with Gasteiger partial charge in [0.15, 0.2) is 0 Å². The number of carbonyl (C=O) groups is 2. The minimum atomic E-state index is -0.270. The van der Waals surface area contributed by atoms with Gasteiger partial charge in [0.05, 0.1) is 19.3 Å². The average molecular weight is 278 g/mol. The Morgan fingerprint density at radius 1 is 1.20 bits per heavy atom. The van der Waals surface area contributed by atoms with Crippen LogP contribution in [0.15, 0.2) is 24.3 Å². The zero-order valence-electron chi connectivity index (χ0n) is 12.2. The fraction of sp³-hybridized carbons (Fsp3) is 0.467. The van der Waals surface area contributed by atoms with Crippen molar-refractivity contribution in [1.29, 1.82) is 0 Å². The molecule has 0 radical (unpaired) electrons. The van der Waals surface area contributed by atoms with Gasteiger partial charge in [-0.05, 0) is 25.0 Å². The minimum absolute atomic E-state index is 0.0333. The second-order valence-corrected chi connectivity index (χ2v) is 4.48. The van der Waals surface area contributed by atoms with Gasteiger partial charge in [-0.3, -0.25) is 9.59 Å². The molecule has 110 valence electrons. The van der Waals surface area contributed by atoms with E-state index < -0.39 is 0 Å². The number of methoxy groups -OCH3 is 1. The van der Waals surface area contributed by atoms with Gasteiger partial charge in [-0.1, -0.05) is 26.0 Å². The summed E-state index contributed by atoms with van der Waals surface area (Å²) < 4.78 is 5.14. The van der Waals surface area contributed by atoms with E-state index in [4.69, 9.17) is 4.74 Å². The van der Waals surface area contributed by atoms with Crippen molar-refractivity contribution >= 4 is 17.5 Å². The topological polar surface area (TPSA) is 67.4 Å². The standard InChI is InChI=1S/C15H22N2O3/c1-4-11(5-2)15(19)16-10-14(18)17-12-8-6-7-9-13(12)20-3/h6-9,11H,4-5,10H2,1-3H3,(H,16,19)(H,17,18). The first-order valence-corrected chi connectivity index (χ1v) is 6.82. The van der Waals surface area contributed by atoms with Gasteiger partial charge in [-0.2, -0.15) is 0 Å². The maximum atomic E-state index is 11.8. The third kappa shape index (κ3) is 4.57. The highest BCUT2D eigenvalue weighted by Crippen LogP contribution is 2.22. The van der Waals surface area contributed by atoms with E-state index in [1.54, 1.807) is 25.3 Å². The van der Waals surface area contributed by atoms with Gasteiger partial charge in [0.25, 0.3) is 0 Å². The highest BCUT2D eigenvalue weighted by Gasteiger charge is 2.15. The van der Waals surface area contributed by atoms with Crippen LogP contribution in [-0.2, 0) is 9.59 Å². The Kier molecular flexibility index (Phi) is 6.56. The number of amides is 2. The fourth-order valence-corrected chi connectivity index (χ4v) is 1.91. The van der Waals surface area contributed by atoms with Gasteiger partial charge in [0.1, 0.15) is 5.75 Å². The predicted molar refractivity (Wildman–Crippen MR) is 78.7 cm³/mol. The van der Waals surface area contributed by atoms with Crippen molar-refractivity contribution in [1.82, 2.24) is 5.32 Å². The molecule has 0 saturated heterocycles. The highest BCUT2D eigenvalue weighted by molar-refractivity contribution is 5.95. The van der Waals surface area contributed by atoms with E-state index in [1.165, 1.54) is 0 Å². The van der Waals surface area contributed by atoms with Crippen molar-refractivity contribution in [3.63, 3.8) is 0 Å². The van der Waals surface area contributed by atoms with Gasteiger partial charge in [0.2, 0.25) is 11.8 Å². The molecular formula is C15H22N2O3. The van der Waals surface area contributed by atoms with Crippen LogP contribution in [0.5, 0.6) is 5.75 Å². The molecule has 0 unspecified atom stereocenters. The second-order valence-electron chi connectivity index (χ2n) is 4.48. The van der Waals surface area contributed by atoms with Crippen LogP contribution in [0.25, 0.3) is 0 Å². The Morgan fingerprint density at radius 2 is 1.85 bits per heavy atom. The molecule has 1 rings (SSSR count). The van der Waals surface area contributed by atoms with Gasteiger partial charge >= 0.3 is 0 Å². The normalized spacial score (nSPS) is 10.2. The molecule has 2 amide bonds. The molecule has 0 aliphatic heterocycles. The molecule has 0 heterocycles. The third-order valence-electron chi connectivity index (χ3n) is 3.16. The van der Waals surface area contributed by atoms with E-state index in [2.05, 4.69) is 10.6 Å². The smallest absolute Gasteiger partial charge is 0.243 e. The zero-order chi connectivity index (χ0) is 15.0. The van der Waals surface area contributed by atoms with Crippen LogP contribution in [0, 0.1) is 5.92 Å². The first-order valence-electron chi connectivity index (χ1n) is 6.82. The summed E-state index contributed by atoms with van der Waals surface area (Å²) in [5.74, 6) is 0.209. The van der Waals surface area contributed by atoms with Crippen molar-refractivity contribution in [2.45, 2.75) is 26.7 Å². The molecule has 0 spiro atoms. The summed E-state index contributed by atoms with van der Waals surface area (Å²) in [6.45, 7) is 3.89. The maximum Gasteiger partial charge on any atom is 0.243 e. The van der Waals surface area contributed by atoms with Crippen molar-refractivity contribution in [3.8, 4) is 5.75 Å². The first kappa shape index (κ1) is 16.0. The van der Waals surface area contributed by atoms with Crippen LogP contribution in [0.3, 0.4) is 0 Å². The monoisotopic (exact) mass is 278 g/mol. The Hall–Kier alpha value is -2.04. The second kappa shape index (κ2) is 8.19. The number of hydrogen-bond donors (Lipinski definition) is 2. The van der Waals surface area contributed by atoms with E-state index in [-0.39, 0.29) is 24.3 Å². The van der Waals surface area contributed by atoms with Crippen LogP contribution in [0.1, 0.15) is 26.7 Å². The SMILES string of the molecule is CCC(CC)C(=O)NCC(=O)Nc1ccccc1OC. The molecule has 0 aliphatic carbocycles. The number of nitrogens with one attached hydrogen (secondary N) is 2. The molecule has 0 fully saturated rings. The number of para-hydroxylation sites is 2. The number of ether oxygens (including phenoxy) is 1. The zero-order valence-corrected chi connectivity index (χ0v) is 12.2. The van der Waals surface area contributed by atoms with Crippen molar-refractivity contribution in [2.24, 2.45) is 5.92 Å². The molecule has 0 aliphatic rings. The summed E-state index contributed by atoms with van der Waals surface area (Å²) in [5.41, 5.74) is 0.594. The largest absolute Gasteiger partial charge is 0.495 e. The summed E-state index contributed by atoms with van der Waals surface area (Å²) in [6, 6.07) is 7.14. The molecular weight excluding hydrogens is 256 g/mol. The Morgan fingerprint density at radius 3 is 2.45 bits per heavy atom. The van der Waals surface area contributed by atoms with Crippen molar-refractivity contribution in [2.75, 3.05) is 19.0 Å². The summed E-state index contributed by atoms with van der Waals surface area (Å²) in [5, 5.41) is 5.36. The molecule has 5 heteroatoms. The lowest BCUT2D eigenvalue weighted by atomic mass is 10.0. The number of rotatable bonds is 7. The van der Waals surface area contributed by atoms with E-state index in [1.807, 2.05) is 19.9 Å². The van der Waals surface area contributed by atoms with Crippen LogP contribution < -0.4 is 15.4 Å². The van der Waals surface area contributed by atoms with Crippen molar-refractivity contribution in [3.05, 3.63) is 24.3 Å². The summed E-state index contributed by atoms with van der Waals surface area (Å²) >= 11 is 0. The summed E-state index contributed by atoms with van der Waals surface area (Å²) in [6.07, 6.45) is 1.55. The van der Waals surface area contributed by atoms with Crippen LogP contribution in [-0.4, -0.2) is 25.5 Å². The Labute approximate surface area is 119 Å². The average Bonchev–Trinajstić information content (AvgIpc) is 2.47. The molecule has 0 bridgehead atoms. The quantitative estimate of drug-likeness (QED) is 0.803. The lowest BCUT2D eigenvalue weighted by Crippen LogP contribution is -2.36. The van der Waals surface area contributed by atoms with Gasteiger partial charge in [0, 0.05) is 5.92 Å². The van der Waals surface area contributed by atoms with Crippen LogP contribution >= 0.6 is 0 Å². The highest BCUT2D eigenvalue weighted by atomic mass is 16.5. The molecule has 1 aromatic rings. The lowest BCUT2D eigenvalue weighted by molar-refractivity contribution is -0.127. The number of hydrogen-bond acceptors (Lipinski definition) is 3. The Balaban J connectivity index is 2.50. The molecule has 5 nitrogen and oxygen atoms in total. The van der Waals surface area contributed by atoms with E-state index >= 15 is 0 Å². The van der Waals surface area contributed by atoms with E-state index in [9.17, 15) is 9.59 Å². The van der Waals surface area contributed by atoms with E-state index in [0.717, 1.165) is 12.8 Å². The third-order valence-corrected chi connectivity index (χ3v) is 3.16. The number of anilines is 1. The van der Waals surface area contributed by atoms with Gasteiger partial charge in [-0.15, -0.1) is 0 Å². The number of benzene rings is 1. The Bertz CT molecular complexity index is 456. The van der Waals surface area contributed by atoms with E-state index in [0.29, 0.717) is 11.4 Å². The van der Waals surface area contributed by atoms with Crippen molar-refractivity contribution < 1.29 is 14.3 Å². The summed E-state index contributed by atoms with van der Waals surface area (Å²) in [4.78, 5) is 23.6. The summed E-state index contributed by atoms with van der Waals surface area (Å²) in [7, 11) is 1.54. The molecule has 1 aromatic carbocycles. The molecule has 20 heavy (non-hydrogen) atoms. The first-order chi connectivity index (χ1) is 9.62. The predicted octanol–water partition coefficient (Wildman–Crippen LogP) is 2.19. The van der Waals surface area contributed by atoms with Crippen LogP contribution in [0.4, 0.5) is 5.69 Å². The van der Waals surface area contributed by atoms with Gasteiger partial charge < -0.3 is 15.4 Å². The number of carbonyl (C=O) groups excluding carboxylic acids is 2. The molecule has 0 aromatic heterocycles. The minimum Gasteiger partial charge on any atom is -0.495 e. The fourth-order valence-electron chi connectivity index (χ4n) is 1.91. The van der Waals surface area contributed by atoms with Gasteiger partial charge in [-0.25, -0.2) is 0 Å².